The highest BCUT2D eigenvalue weighted by Gasteiger charge is 2.45. The number of unbranched alkanes of at least 4 members (excludes halogenated alkanes) is 2. The first kappa shape index (κ1) is 29.6. The maximum atomic E-state index is 13.4. The number of amides is 1. The average Bonchev–Trinajstić information content (AvgIpc) is 3.14. The number of carbonyl (C=O) groups is 2. The fraction of sp³-hybridized carbons (Fsp3) is 0.515. The van der Waals surface area contributed by atoms with Crippen LogP contribution in [0, 0.1) is 6.92 Å². The van der Waals surface area contributed by atoms with E-state index in [1.807, 2.05) is 31.2 Å². The third kappa shape index (κ3) is 7.13. The number of ketones is 1. The first-order valence-electron chi connectivity index (χ1n) is 14.3. The Balaban J connectivity index is 1.95. The second-order valence-electron chi connectivity index (χ2n) is 11.6. The first-order chi connectivity index (χ1) is 18.1. The Bertz CT molecular complexity index is 1100. The van der Waals surface area contributed by atoms with E-state index in [-0.39, 0.29) is 16.7 Å². The van der Waals surface area contributed by atoms with Gasteiger partial charge >= 0.3 is 0 Å². The maximum Gasteiger partial charge on any atom is 0.295 e. The number of nitrogens with zero attached hydrogens (tertiary/aromatic N) is 2. The molecule has 1 aliphatic rings. The van der Waals surface area contributed by atoms with E-state index in [2.05, 4.69) is 51.7 Å². The van der Waals surface area contributed by atoms with E-state index in [1.54, 1.807) is 17.0 Å². The summed E-state index contributed by atoms with van der Waals surface area (Å²) >= 11 is 0. The van der Waals surface area contributed by atoms with E-state index >= 15 is 0 Å². The number of benzene rings is 2. The van der Waals surface area contributed by atoms with E-state index < -0.39 is 17.7 Å². The predicted molar refractivity (Wildman–Crippen MR) is 156 cm³/mol. The fourth-order valence-corrected chi connectivity index (χ4v) is 5.05. The van der Waals surface area contributed by atoms with Crippen molar-refractivity contribution in [2.75, 3.05) is 26.2 Å². The third-order valence-electron chi connectivity index (χ3n) is 7.49. The van der Waals surface area contributed by atoms with Gasteiger partial charge in [-0.15, -0.1) is 0 Å². The van der Waals surface area contributed by atoms with Crippen LogP contribution in [0.3, 0.4) is 0 Å². The minimum Gasteiger partial charge on any atom is -0.507 e. The van der Waals surface area contributed by atoms with Gasteiger partial charge < -0.3 is 14.9 Å². The van der Waals surface area contributed by atoms with Crippen molar-refractivity contribution in [3.8, 4) is 0 Å². The van der Waals surface area contributed by atoms with Gasteiger partial charge in [0, 0.05) is 12.1 Å². The molecule has 0 aliphatic carbocycles. The number of Topliss-reactive ketones (excluding diaryl/α,β-unsaturated/α-hetero) is 1. The van der Waals surface area contributed by atoms with Crippen molar-refractivity contribution in [1.82, 2.24) is 9.80 Å². The summed E-state index contributed by atoms with van der Waals surface area (Å²) < 4.78 is 0. The quantitative estimate of drug-likeness (QED) is 0.187. The van der Waals surface area contributed by atoms with Gasteiger partial charge in [-0.1, -0.05) is 102 Å². The highest BCUT2D eigenvalue weighted by Crippen LogP contribution is 2.40. The predicted octanol–water partition coefficient (Wildman–Crippen LogP) is 7.01. The zero-order valence-corrected chi connectivity index (χ0v) is 24.2. The third-order valence-corrected chi connectivity index (χ3v) is 7.49. The number of hydrogen-bond donors (Lipinski definition) is 1. The summed E-state index contributed by atoms with van der Waals surface area (Å²) in [7, 11) is 0. The Kier molecular flexibility index (Phi) is 10.3. The number of aliphatic hydroxyl groups is 1. The van der Waals surface area contributed by atoms with Gasteiger partial charge in [-0.25, -0.2) is 0 Å². The second kappa shape index (κ2) is 13.2. The molecule has 1 amide bonds. The molecule has 1 atom stereocenters. The monoisotopic (exact) mass is 518 g/mol. The van der Waals surface area contributed by atoms with Crippen molar-refractivity contribution in [2.24, 2.45) is 0 Å². The van der Waals surface area contributed by atoms with Crippen LogP contribution >= 0.6 is 0 Å². The standard InChI is InChI=1S/C33H46N2O3/c1-7-9-20-34(21-10-8-2)22-11-23-35-29(25-16-18-27(19-17-25)33(4,5)6)28(31(37)32(35)38)30(36)26-14-12-24(3)13-15-26/h12-19,29,36H,7-11,20-23H2,1-6H3/b30-28-. The summed E-state index contributed by atoms with van der Waals surface area (Å²) in [6, 6.07) is 14.9. The van der Waals surface area contributed by atoms with Crippen LogP contribution in [0.15, 0.2) is 54.1 Å². The number of aliphatic hydroxyl groups excluding tert-OH is 1. The van der Waals surface area contributed by atoms with Crippen LogP contribution in [0.25, 0.3) is 5.76 Å². The Labute approximate surface area is 229 Å². The number of rotatable bonds is 12. The lowest BCUT2D eigenvalue weighted by Crippen LogP contribution is -2.34. The SMILES string of the molecule is CCCCN(CCCC)CCCN1C(=O)C(=O)/C(=C(\O)c2ccc(C)cc2)C1c1ccc(C(C)(C)C)cc1. The van der Waals surface area contributed by atoms with Crippen LogP contribution in [0.1, 0.15) is 95.0 Å². The molecule has 1 aliphatic heterocycles. The molecule has 2 aromatic carbocycles. The van der Waals surface area contributed by atoms with Crippen LogP contribution in [-0.4, -0.2) is 52.8 Å². The Morgan fingerprint density at radius 1 is 0.868 bits per heavy atom. The Hall–Kier alpha value is -2.92. The molecule has 3 rings (SSSR count). The highest BCUT2D eigenvalue weighted by atomic mass is 16.3. The van der Waals surface area contributed by atoms with Gasteiger partial charge in [0.05, 0.1) is 11.6 Å². The zero-order valence-electron chi connectivity index (χ0n) is 24.2. The minimum atomic E-state index is -0.609. The van der Waals surface area contributed by atoms with E-state index in [0.717, 1.165) is 62.9 Å². The van der Waals surface area contributed by atoms with E-state index in [9.17, 15) is 14.7 Å². The lowest BCUT2D eigenvalue weighted by atomic mass is 9.85. The topological polar surface area (TPSA) is 60.9 Å². The van der Waals surface area contributed by atoms with Crippen LogP contribution in [-0.2, 0) is 15.0 Å². The zero-order chi connectivity index (χ0) is 27.9. The van der Waals surface area contributed by atoms with Gasteiger partial charge in [-0.05, 0) is 62.4 Å². The largest absolute Gasteiger partial charge is 0.507 e. The molecule has 0 saturated carbocycles. The van der Waals surface area contributed by atoms with Gasteiger partial charge in [0.25, 0.3) is 11.7 Å². The fourth-order valence-electron chi connectivity index (χ4n) is 5.05. The lowest BCUT2D eigenvalue weighted by molar-refractivity contribution is -0.140. The summed E-state index contributed by atoms with van der Waals surface area (Å²) in [6.07, 6.45) is 5.40. The van der Waals surface area contributed by atoms with Crippen molar-refractivity contribution in [3.63, 3.8) is 0 Å². The van der Waals surface area contributed by atoms with Gasteiger partial charge in [-0.2, -0.15) is 0 Å². The average molecular weight is 519 g/mol. The van der Waals surface area contributed by atoms with Crippen molar-refractivity contribution in [1.29, 1.82) is 0 Å². The molecule has 206 valence electrons. The van der Waals surface area contributed by atoms with Gasteiger partial charge in [0.2, 0.25) is 0 Å². The second-order valence-corrected chi connectivity index (χ2v) is 11.6. The van der Waals surface area contributed by atoms with Crippen molar-refractivity contribution < 1.29 is 14.7 Å². The summed E-state index contributed by atoms with van der Waals surface area (Å²) in [5, 5.41) is 11.3. The molecule has 1 heterocycles. The van der Waals surface area contributed by atoms with Gasteiger partial charge in [0.15, 0.2) is 0 Å². The molecule has 0 aromatic heterocycles. The molecule has 1 saturated heterocycles. The number of carbonyl (C=O) groups excluding carboxylic acids is 2. The van der Waals surface area contributed by atoms with E-state index in [4.69, 9.17) is 0 Å². The van der Waals surface area contributed by atoms with Crippen LogP contribution in [0.2, 0.25) is 0 Å². The molecule has 1 fully saturated rings. The first-order valence-corrected chi connectivity index (χ1v) is 14.3. The molecular weight excluding hydrogens is 472 g/mol. The Morgan fingerprint density at radius 2 is 1.42 bits per heavy atom. The molecule has 0 bridgehead atoms. The summed E-state index contributed by atoms with van der Waals surface area (Å²) in [6.45, 7) is 16.3. The molecule has 1 unspecified atom stereocenters. The highest BCUT2D eigenvalue weighted by molar-refractivity contribution is 6.46. The molecule has 0 spiro atoms. The normalized spacial score (nSPS) is 17.6. The Morgan fingerprint density at radius 3 is 1.95 bits per heavy atom. The number of aryl methyl sites for hydroxylation is 1. The van der Waals surface area contributed by atoms with Crippen molar-refractivity contribution in [2.45, 2.75) is 85.1 Å². The van der Waals surface area contributed by atoms with Crippen LogP contribution < -0.4 is 0 Å². The molecule has 1 N–H and O–H groups in total. The molecule has 5 nitrogen and oxygen atoms in total. The number of likely N-dealkylation sites (tertiary alicyclic amines) is 1. The molecule has 38 heavy (non-hydrogen) atoms. The van der Waals surface area contributed by atoms with Gasteiger partial charge in [-0.3, -0.25) is 9.59 Å². The molecule has 2 aromatic rings. The van der Waals surface area contributed by atoms with Gasteiger partial charge in [0.1, 0.15) is 5.76 Å². The summed E-state index contributed by atoms with van der Waals surface area (Å²) in [5.74, 6) is -1.25. The van der Waals surface area contributed by atoms with E-state index in [0.29, 0.717) is 12.1 Å². The van der Waals surface area contributed by atoms with Crippen molar-refractivity contribution >= 4 is 17.4 Å². The molecular formula is C33H46N2O3. The summed E-state index contributed by atoms with van der Waals surface area (Å²) in [4.78, 5) is 30.9. The molecule has 0 radical (unpaired) electrons. The van der Waals surface area contributed by atoms with Crippen LogP contribution in [0.4, 0.5) is 0 Å². The summed E-state index contributed by atoms with van der Waals surface area (Å²) in [5.41, 5.74) is 3.81. The van der Waals surface area contributed by atoms with Crippen molar-refractivity contribution in [3.05, 3.63) is 76.4 Å². The van der Waals surface area contributed by atoms with Crippen LogP contribution in [0.5, 0.6) is 0 Å². The smallest absolute Gasteiger partial charge is 0.295 e. The lowest BCUT2D eigenvalue weighted by Gasteiger charge is -2.28. The maximum absolute atomic E-state index is 13.4. The molecule has 5 heteroatoms. The van der Waals surface area contributed by atoms with E-state index in [1.165, 1.54) is 5.56 Å². The minimum absolute atomic E-state index is 0.0112. The number of hydrogen-bond acceptors (Lipinski definition) is 4.